The van der Waals surface area contributed by atoms with Gasteiger partial charge in [0, 0.05) is 6.54 Å². The minimum atomic E-state index is -0.956. The molecule has 0 fully saturated rings. The van der Waals surface area contributed by atoms with E-state index in [1.165, 1.54) is 0 Å². The minimum absolute atomic E-state index is 0.0324. The Kier molecular flexibility index (Phi) is 7.25. The summed E-state index contributed by atoms with van der Waals surface area (Å²) in [5.74, 6) is -1.68. The molecule has 0 aliphatic heterocycles. The van der Waals surface area contributed by atoms with Crippen LogP contribution in [0.15, 0.2) is 0 Å². The molecule has 1 atom stereocenters. The SMILES string of the molecule is CC(C)C(CNC(=O)NCCOC(N)=O)C(=O)O. The van der Waals surface area contributed by atoms with Crippen LogP contribution in [-0.4, -0.2) is 42.9 Å². The smallest absolute Gasteiger partial charge is 0.404 e. The van der Waals surface area contributed by atoms with E-state index in [1.54, 1.807) is 13.8 Å². The molecule has 1 unspecified atom stereocenters. The largest absolute Gasteiger partial charge is 0.481 e. The third-order valence-corrected chi connectivity index (χ3v) is 2.24. The fourth-order valence-corrected chi connectivity index (χ4v) is 1.19. The zero-order valence-corrected chi connectivity index (χ0v) is 10.4. The monoisotopic (exact) mass is 261 g/mol. The molecule has 3 amide bonds. The summed E-state index contributed by atoms with van der Waals surface area (Å²) in [5.41, 5.74) is 4.72. The number of carboxylic acids is 1. The number of carbonyl (C=O) groups is 3. The van der Waals surface area contributed by atoms with Crippen molar-refractivity contribution in [3.05, 3.63) is 0 Å². The van der Waals surface area contributed by atoms with E-state index in [2.05, 4.69) is 15.4 Å². The van der Waals surface area contributed by atoms with Gasteiger partial charge in [-0.1, -0.05) is 13.8 Å². The molecule has 0 aromatic heterocycles. The number of carbonyl (C=O) groups excluding carboxylic acids is 2. The number of aliphatic carboxylic acids is 1. The summed E-state index contributed by atoms with van der Waals surface area (Å²) >= 11 is 0. The quantitative estimate of drug-likeness (QED) is 0.469. The highest BCUT2D eigenvalue weighted by Crippen LogP contribution is 2.09. The van der Waals surface area contributed by atoms with Crippen LogP contribution in [0.4, 0.5) is 9.59 Å². The topological polar surface area (TPSA) is 131 Å². The highest BCUT2D eigenvalue weighted by atomic mass is 16.5. The predicted octanol–water partition coefficient (Wildman–Crippen LogP) is -0.262. The maximum atomic E-state index is 11.3. The lowest BCUT2D eigenvalue weighted by molar-refractivity contribution is -0.142. The molecule has 0 aliphatic rings. The number of urea groups is 1. The first-order chi connectivity index (χ1) is 8.34. The lowest BCUT2D eigenvalue weighted by Crippen LogP contribution is -2.42. The number of amides is 3. The van der Waals surface area contributed by atoms with Gasteiger partial charge in [0.05, 0.1) is 12.5 Å². The van der Waals surface area contributed by atoms with E-state index in [-0.39, 0.29) is 25.6 Å². The number of primary amides is 1. The first-order valence-electron chi connectivity index (χ1n) is 5.51. The average Bonchev–Trinajstić information content (AvgIpc) is 2.23. The Morgan fingerprint density at radius 3 is 2.33 bits per heavy atom. The normalized spacial score (nSPS) is 11.7. The van der Waals surface area contributed by atoms with Crippen LogP contribution in [-0.2, 0) is 9.53 Å². The molecule has 0 spiro atoms. The van der Waals surface area contributed by atoms with Crippen molar-refractivity contribution < 1.29 is 24.2 Å². The van der Waals surface area contributed by atoms with Crippen molar-refractivity contribution in [3.8, 4) is 0 Å². The molecule has 0 bridgehead atoms. The Labute approximate surface area is 105 Å². The molecule has 5 N–H and O–H groups in total. The van der Waals surface area contributed by atoms with E-state index < -0.39 is 24.0 Å². The Balaban J connectivity index is 3.81. The van der Waals surface area contributed by atoms with Crippen LogP contribution < -0.4 is 16.4 Å². The number of nitrogens with one attached hydrogen (secondary N) is 2. The van der Waals surface area contributed by atoms with Crippen molar-refractivity contribution >= 4 is 18.1 Å². The third-order valence-electron chi connectivity index (χ3n) is 2.24. The molecule has 8 nitrogen and oxygen atoms in total. The van der Waals surface area contributed by atoms with Crippen molar-refractivity contribution in [1.82, 2.24) is 10.6 Å². The van der Waals surface area contributed by atoms with E-state index in [1.807, 2.05) is 0 Å². The van der Waals surface area contributed by atoms with E-state index in [0.29, 0.717) is 0 Å². The molecular formula is C10H19N3O5. The molecule has 0 aromatic carbocycles. The zero-order chi connectivity index (χ0) is 14.1. The molecule has 0 saturated carbocycles. The minimum Gasteiger partial charge on any atom is -0.481 e. The molecule has 0 saturated heterocycles. The van der Waals surface area contributed by atoms with E-state index in [4.69, 9.17) is 10.8 Å². The van der Waals surface area contributed by atoms with Crippen LogP contribution in [0.2, 0.25) is 0 Å². The second-order valence-electron chi connectivity index (χ2n) is 3.99. The molecular weight excluding hydrogens is 242 g/mol. The van der Waals surface area contributed by atoms with Crippen molar-refractivity contribution in [2.45, 2.75) is 13.8 Å². The summed E-state index contributed by atoms with van der Waals surface area (Å²) in [6.45, 7) is 3.64. The van der Waals surface area contributed by atoms with Gasteiger partial charge in [0.1, 0.15) is 6.61 Å². The standard InChI is InChI=1S/C10H19N3O5/c1-6(2)7(8(14)15)5-13-10(17)12-3-4-18-9(11)16/h6-7H,3-5H2,1-2H3,(H2,11,16)(H,14,15)(H2,12,13,17). The average molecular weight is 261 g/mol. The molecule has 0 heterocycles. The van der Waals surface area contributed by atoms with Gasteiger partial charge in [-0.25, -0.2) is 9.59 Å². The summed E-state index contributed by atoms with van der Waals surface area (Å²) in [4.78, 5) is 32.3. The Morgan fingerprint density at radius 2 is 1.89 bits per heavy atom. The number of hydrogen-bond donors (Lipinski definition) is 4. The molecule has 0 rings (SSSR count). The van der Waals surface area contributed by atoms with Crippen LogP contribution in [0, 0.1) is 11.8 Å². The van der Waals surface area contributed by atoms with Gasteiger partial charge in [-0.2, -0.15) is 0 Å². The first-order valence-corrected chi connectivity index (χ1v) is 5.51. The Hall–Kier alpha value is -1.99. The maximum Gasteiger partial charge on any atom is 0.404 e. The summed E-state index contributed by atoms with van der Waals surface area (Å²) in [6.07, 6.45) is -0.914. The molecule has 0 aromatic rings. The highest BCUT2D eigenvalue weighted by Gasteiger charge is 2.21. The molecule has 0 aliphatic carbocycles. The van der Waals surface area contributed by atoms with Crippen LogP contribution in [0.5, 0.6) is 0 Å². The third kappa shape index (κ3) is 7.31. The molecule has 0 radical (unpaired) electrons. The first kappa shape index (κ1) is 16.0. The Morgan fingerprint density at radius 1 is 1.28 bits per heavy atom. The maximum absolute atomic E-state index is 11.3. The second kappa shape index (κ2) is 8.15. The van der Waals surface area contributed by atoms with Gasteiger partial charge in [-0.15, -0.1) is 0 Å². The van der Waals surface area contributed by atoms with Crippen LogP contribution in [0.25, 0.3) is 0 Å². The summed E-state index contributed by atoms with van der Waals surface area (Å²) in [5, 5.41) is 13.7. The van der Waals surface area contributed by atoms with Crippen LogP contribution in [0.3, 0.4) is 0 Å². The van der Waals surface area contributed by atoms with Gasteiger partial charge >= 0.3 is 18.1 Å². The fourth-order valence-electron chi connectivity index (χ4n) is 1.19. The van der Waals surface area contributed by atoms with Crippen molar-refractivity contribution in [2.75, 3.05) is 19.7 Å². The van der Waals surface area contributed by atoms with Gasteiger partial charge in [0.25, 0.3) is 0 Å². The number of carboxylic acid groups (broad SMARTS) is 1. The Bertz CT molecular complexity index is 306. The van der Waals surface area contributed by atoms with Gasteiger partial charge in [0.2, 0.25) is 0 Å². The number of hydrogen-bond acceptors (Lipinski definition) is 4. The molecule has 8 heteroatoms. The molecule has 104 valence electrons. The number of ether oxygens (including phenoxy) is 1. The number of nitrogens with two attached hydrogens (primary N) is 1. The fraction of sp³-hybridized carbons (Fsp3) is 0.700. The van der Waals surface area contributed by atoms with Gasteiger partial charge in [-0.3, -0.25) is 4.79 Å². The summed E-state index contributed by atoms with van der Waals surface area (Å²) in [6, 6.07) is -0.519. The predicted molar refractivity (Wildman–Crippen MR) is 62.9 cm³/mol. The lowest BCUT2D eigenvalue weighted by Gasteiger charge is -2.16. The van der Waals surface area contributed by atoms with Gasteiger partial charge in [-0.05, 0) is 5.92 Å². The lowest BCUT2D eigenvalue weighted by atomic mass is 9.96. The highest BCUT2D eigenvalue weighted by molar-refractivity contribution is 5.76. The van der Waals surface area contributed by atoms with E-state index >= 15 is 0 Å². The summed E-state index contributed by atoms with van der Waals surface area (Å²) < 4.78 is 4.40. The van der Waals surface area contributed by atoms with Crippen molar-refractivity contribution in [1.29, 1.82) is 0 Å². The van der Waals surface area contributed by atoms with E-state index in [0.717, 1.165) is 0 Å². The van der Waals surface area contributed by atoms with E-state index in [9.17, 15) is 14.4 Å². The van der Waals surface area contributed by atoms with Crippen LogP contribution >= 0.6 is 0 Å². The van der Waals surface area contributed by atoms with Crippen molar-refractivity contribution in [2.24, 2.45) is 17.6 Å². The second-order valence-corrected chi connectivity index (χ2v) is 3.99. The summed E-state index contributed by atoms with van der Waals surface area (Å²) in [7, 11) is 0. The van der Waals surface area contributed by atoms with Crippen LogP contribution in [0.1, 0.15) is 13.8 Å². The van der Waals surface area contributed by atoms with Gasteiger partial charge < -0.3 is 26.2 Å². The molecule has 18 heavy (non-hydrogen) atoms. The van der Waals surface area contributed by atoms with Gasteiger partial charge in [0.15, 0.2) is 0 Å². The van der Waals surface area contributed by atoms with Crippen molar-refractivity contribution in [3.63, 3.8) is 0 Å². The zero-order valence-electron chi connectivity index (χ0n) is 10.4. The number of rotatable bonds is 7.